The number of carbonyl (C=O) groups is 1. The van der Waals surface area contributed by atoms with Gasteiger partial charge in [0.1, 0.15) is 5.75 Å². The Balaban J connectivity index is 2.22. The summed E-state index contributed by atoms with van der Waals surface area (Å²) in [7, 11) is 0. The van der Waals surface area contributed by atoms with Gasteiger partial charge in [0.25, 0.3) is 0 Å². The van der Waals surface area contributed by atoms with Crippen LogP contribution in [0.2, 0.25) is 0 Å². The van der Waals surface area contributed by atoms with Gasteiger partial charge < -0.3 is 10.5 Å². The fourth-order valence-corrected chi connectivity index (χ4v) is 2.83. The van der Waals surface area contributed by atoms with Gasteiger partial charge in [0.05, 0.1) is 12.3 Å². The monoisotopic (exact) mass is 333 g/mol. The number of amides is 2. The minimum absolute atomic E-state index is 0.534. The molecule has 0 bridgehead atoms. The van der Waals surface area contributed by atoms with Gasteiger partial charge in [-0.25, -0.2) is 10.2 Å². The molecule has 0 saturated heterocycles. The topological polar surface area (TPSA) is 76.7 Å². The molecule has 2 aromatic rings. The lowest BCUT2D eigenvalue weighted by molar-refractivity contribution is 0.249. The number of carbonyl (C=O) groups excluding carboxylic acids is 1. The lowest BCUT2D eigenvalue weighted by Gasteiger charge is -2.21. The highest BCUT2D eigenvalue weighted by Gasteiger charge is 2.20. The van der Waals surface area contributed by atoms with Crippen molar-refractivity contribution in [2.45, 2.75) is 6.42 Å². The molecule has 20 heavy (non-hydrogen) atoms. The fraction of sp³-hybridized carbons (Fsp3) is 0.143. The van der Waals surface area contributed by atoms with Crippen molar-refractivity contribution in [1.82, 2.24) is 5.43 Å². The van der Waals surface area contributed by atoms with Crippen molar-refractivity contribution in [3.05, 3.63) is 40.4 Å². The maximum atomic E-state index is 10.8. The molecule has 2 amide bonds. The number of fused-ring (bicyclic) bond motifs is 3. The predicted octanol–water partition coefficient (Wildman–Crippen LogP) is 2.76. The van der Waals surface area contributed by atoms with E-state index in [9.17, 15) is 4.79 Å². The Morgan fingerprint density at radius 3 is 2.95 bits per heavy atom. The molecule has 102 valence electrons. The van der Waals surface area contributed by atoms with Crippen molar-refractivity contribution >= 4 is 38.4 Å². The number of nitrogens with zero attached hydrogens (tertiary/aromatic N) is 1. The van der Waals surface area contributed by atoms with Crippen molar-refractivity contribution in [3.63, 3.8) is 0 Å². The van der Waals surface area contributed by atoms with E-state index in [1.807, 2.05) is 30.3 Å². The number of hydrogen-bond donors (Lipinski definition) is 2. The average molecular weight is 334 g/mol. The van der Waals surface area contributed by atoms with Crippen LogP contribution in [0.25, 0.3) is 10.8 Å². The predicted molar refractivity (Wildman–Crippen MR) is 81.0 cm³/mol. The molecule has 0 unspecified atom stereocenters. The van der Waals surface area contributed by atoms with Gasteiger partial charge in [-0.1, -0.05) is 28.1 Å². The minimum Gasteiger partial charge on any atom is -0.492 e. The summed E-state index contributed by atoms with van der Waals surface area (Å²) in [5.41, 5.74) is 9.04. The molecule has 1 heterocycles. The van der Waals surface area contributed by atoms with Crippen LogP contribution in [-0.2, 0) is 0 Å². The number of ether oxygens (including phenoxy) is 1. The normalized spacial score (nSPS) is 15.8. The number of halogens is 1. The lowest BCUT2D eigenvalue weighted by Crippen LogP contribution is -2.27. The van der Waals surface area contributed by atoms with Crippen molar-refractivity contribution in [1.29, 1.82) is 0 Å². The summed E-state index contributed by atoms with van der Waals surface area (Å²) in [6.07, 6.45) is 0.624. The number of nitrogens with one attached hydrogen (secondary N) is 1. The van der Waals surface area contributed by atoms with Gasteiger partial charge >= 0.3 is 6.03 Å². The molecule has 3 rings (SSSR count). The Kier molecular flexibility index (Phi) is 3.31. The van der Waals surface area contributed by atoms with Gasteiger partial charge in [0, 0.05) is 16.5 Å². The Labute approximate surface area is 123 Å². The third kappa shape index (κ3) is 2.22. The van der Waals surface area contributed by atoms with E-state index in [-0.39, 0.29) is 0 Å². The summed E-state index contributed by atoms with van der Waals surface area (Å²) in [6.45, 7) is 0.534. The van der Waals surface area contributed by atoms with Crippen LogP contribution in [0.15, 0.2) is 39.9 Å². The number of primary amides is 1. The molecule has 2 aromatic carbocycles. The fourth-order valence-electron chi connectivity index (χ4n) is 2.33. The average Bonchev–Trinajstić information content (AvgIpc) is 2.45. The van der Waals surface area contributed by atoms with Crippen molar-refractivity contribution < 1.29 is 9.53 Å². The number of nitrogens with two attached hydrogens (primary N) is 1. The highest BCUT2D eigenvalue weighted by atomic mass is 79.9. The summed E-state index contributed by atoms with van der Waals surface area (Å²) < 4.78 is 6.67. The van der Waals surface area contributed by atoms with Crippen molar-refractivity contribution in [2.24, 2.45) is 10.8 Å². The van der Waals surface area contributed by atoms with Crippen LogP contribution >= 0.6 is 15.9 Å². The molecular weight excluding hydrogens is 322 g/mol. The maximum Gasteiger partial charge on any atom is 0.332 e. The molecule has 0 atom stereocenters. The van der Waals surface area contributed by atoms with E-state index in [4.69, 9.17) is 10.5 Å². The van der Waals surface area contributed by atoms with Crippen LogP contribution in [0.5, 0.6) is 5.75 Å². The molecule has 0 radical (unpaired) electrons. The summed E-state index contributed by atoms with van der Waals surface area (Å²) >= 11 is 3.54. The van der Waals surface area contributed by atoms with Gasteiger partial charge in [0.15, 0.2) is 0 Å². The Morgan fingerprint density at radius 2 is 2.15 bits per heavy atom. The smallest absolute Gasteiger partial charge is 0.332 e. The largest absolute Gasteiger partial charge is 0.492 e. The number of urea groups is 1. The quantitative estimate of drug-likeness (QED) is 0.787. The maximum absolute atomic E-state index is 10.8. The zero-order chi connectivity index (χ0) is 14.1. The third-order valence-electron chi connectivity index (χ3n) is 3.16. The van der Waals surface area contributed by atoms with Crippen LogP contribution in [0.3, 0.4) is 0 Å². The van der Waals surface area contributed by atoms with Gasteiger partial charge in [-0.15, -0.1) is 0 Å². The summed E-state index contributed by atoms with van der Waals surface area (Å²) in [6, 6.07) is 9.20. The van der Waals surface area contributed by atoms with E-state index in [1.54, 1.807) is 0 Å². The molecule has 0 spiro atoms. The van der Waals surface area contributed by atoms with Gasteiger partial charge in [-0.05, 0) is 29.0 Å². The highest BCUT2D eigenvalue weighted by molar-refractivity contribution is 9.10. The number of hydrogen-bond acceptors (Lipinski definition) is 3. The highest BCUT2D eigenvalue weighted by Crippen LogP contribution is 2.35. The minimum atomic E-state index is -0.674. The van der Waals surface area contributed by atoms with Gasteiger partial charge in [-0.2, -0.15) is 5.10 Å². The van der Waals surface area contributed by atoms with E-state index in [1.165, 1.54) is 0 Å². The molecule has 1 aliphatic heterocycles. The first-order valence-corrected chi connectivity index (χ1v) is 6.92. The van der Waals surface area contributed by atoms with E-state index in [2.05, 4.69) is 26.5 Å². The van der Waals surface area contributed by atoms with E-state index < -0.39 is 6.03 Å². The van der Waals surface area contributed by atoms with Crippen LogP contribution in [-0.4, -0.2) is 18.3 Å². The Hall–Kier alpha value is -2.08. The van der Waals surface area contributed by atoms with Crippen LogP contribution in [0, 0.1) is 0 Å². The SMILES string of the molecule is NC(=O)N/N=C1\CCOc2ccc3c(Br)cccc3c21. The van der Waals surface area contributed by atoms with E-state index in [0.717, 1.165) is 32.3 Å². The van der Waals surface area contributed by atoms with Crippen molar-refractivity contribution in [3.8, 4) is 5.75 Å². The van der Waals surface area contributed by atoms with Crippen LogP contribution in [0.4, 0.5) is 4.79 Å². The first-order chi connectivity index (χ1) is 9.66. The zero-order valence-corrected chi connectivity index (χ0v) is 12.1. The molecule has 3 N–H and O–H groups in total. The first-order valence-electron chi connectivity index (χ1n) is 6.13. The van der Waals surface area contributed by atoms with E-state index >= 15 is 0 Å². The molecular formula is C14H12BrN3O2. The third-order valence-corrected chi connectivity index (χ3v) is 3.85. The summed E-state index contributed by atoms with van der Waals surface area (Å²) in [5.74, 6) is 0.770. The summed E-state index contributed by atoms with van der Waals surface area (Å²) in [5, 5.41) is 6.20. The lowest BCUT2D eigenvalue weighted by atomic mass is 9.97. The zero-order valence-electron chi connectivity index (χ0n) is 10.5. The second-order valence-corrected chi connectivity index (χ2v) is 5.26. The summed E-state index contributed by atoms with van der Waals surface area (Å²) in [4.78, 5) is 10.8. The first kappa shape index (κ1) is 12.9. The standard InChI is InChI=1S/C14H12BrN3O2/c15-10-3-1-2-9-8(10)4-5-12-13(9)11(6-7-20-12)17-18-14(16)19/h1-5H,6-7H2,(H3,16,18,19)/b17-11+. The molecule has 0 aromatic heterocycles. The van der Waals surface area contributed by atoms with E-state index in [0.29, 0.717) is 13.0 Å². The number of hydrazone groups is 1. The molecule has 0 saturated carbocycles. The molecule has 0 aliphatic carbocycles. The second-order valence-electron chi connectivity index (χ2n) is 4.41. The Morgan fingerprint density at radius 1 is 1.30 bits per heavy atom. The second kappa shape index (κ2) is 5.13. The molecule has 1 aliphatic rings. The van der Waals surface area contributed by atoms with Crippen LogP contribution < -0.4 is 15.9 Å². The van der Waals surface area contributed by atoms with Gasteiger partial charge in [0.2, 0.25) is 0 Å². The van der Waals surface area contributed by atoms with Crippen molar-refractivity contribution in [2.75, 3.05) is 6.61 Å². The number of benzene rings is 2. The van der Waals surface area contributed by atoms with Crippen LogP contribution in [0.1, 0.15) is 12.0 Å². The van der Waals surface area contributed by atoms with Gasteiger partial charge in [-0.3, -0.25) is 0 Å². The number of rotatable bonds is 1. The molecule has 0 fully saturated rings. The molecule has 6 heteroatoms. The molecule has 5 nitrogen and oxygen atoms in total. The Bertz CT molecular complexity index is 728.